The van der Waals surface area contributed by atoms with E-state index in [1.807, 2.05) is 30.3 Å². The number of nitrogens with zero attached hydrogens (tertiary/aromatic N) is 1. The molecule has 10 heteroatoms. The van der Waals surface area contributed by atoms with Crippen molar-refractivity contribution in [2.75, 3.05) is 6.54 Å². The van der Waals surface area contributed by atoms with Crippen molar-refractivity contribution < 1.29 is 14.3 Å². The molecule has 3 atom stereocenters. The van der Waals surface area contributed by atoms with Gasteiger partial charge in [0.2, 0.25) is 5.91 Å². The third-order valence-electron chi connectivity index (χ3n) is 6.04. The Bertz CT molecular complexity index is 1270. The van der Waals surface area contributed by atoms with E-state index in [9.17, 15) is 14.4 Å². The minimum atomic E-state index is -0.558. The van der Waals surface area contributed by atoms with E-state index in [-0.39, 0.29) is 24.5 Å². The maximum absolute atomic E-state index is 12.4. The Morgan fingerprint density at radius 3 is 2.56 bits per heavy atom. The fraction of sp³-hybridized carbons (Fsp3) is 0.346. The number of rotatable bonds is 10. The van der Waals surface area contributed by atoms with Gasteiger partial charge in [-0.15, -0.1) is 0 Å². The third-order valence-corrected chi connectivity index (χ3v) is 6.74. The molecular weight excluding hydrogens is 505 g/mol. The summed E-state index contributed by atoms with van der Waals surface area (Å²) >= 11 is 12.3. The monoisotopic (exact) mass is 531 g/mol. The maximum atomic E-state index is 12.4. The molecule has 3 aromatic rings. The van der Waals surface area contributed by atoms with E-state index in [1.54, 1.807) is 18.2 Å². The van der Waals surface area contributed by atoms with E-state index in [2.05, 4.69) is 10.3 Å². The van der Waals surface area contributed by atoms with E-state index >= 15 is 0 Å². The van der Waals surface area contributed by atoms with Crippen LogP contribution >= 0.6 is 23.2 Å². The van der Waals surface area contributed by atoms with Crippen LogP contribution in [0.5, 0.6) is 0 Å². The zero-order valence-electron chi connectivity index (χ0n) is 19.5. The molecule has 1 aromatic heterocycles. The van der Waals surface area contributed by atoms with E-state index < -0.39 is 17.5 Å². The predicted octanol–water partition coefficient (Wildman–Crippen LogP) is 3.86. The minimum absolute atomic E-state index is 0.0957. The van der Waals surface area contributed by atoms with Gasteiger partial charge in [-0.1, -0.05) is 59.6 Å². The van der Waals surface area contributed by atoms with Gasteiger partial charge in [0.1, 0.15) is 6.23 Å². The van der Waals surface area contributed by atoms with Crippen molar-refractivity contribution in [1.29, 1.82) is 0 Å². The topological polar surface area (TPSA) is 102 Å². The fourth-order valence-corrected chi connectivity index (χ4v) is 4.72. The SMILES string of the molecule is O=C(Cc1c(Cl)cccc1Cl)NCCC[C@H]1O[C@@H](n2ccc(=O)[nH]c2=O)C[C@@H]1OCc1ccccc1. The molecule has 1 saturated heterocycles. The molecule has 8 nitrogen and oxygen atoms in total. The van der Waals surface area contributed by atoms with Crippen molar-refractivity contribution in [3.63, 3.8) is 0 Å². The first-order valence-corrected chi connectivity index (χ1v) is 12.5. The molecule has 1 aliphatic heterocycles. The number of H-pyrrole nitrogens is 1. The highest BCUT2D eigenvalue weighted by Crippen LogP contribution is 2.32. The number of halogens is 2. The number of ether oxygens (including phenoxy) is 2. The van der Waals surface area contributed by atoms with Crippen molar-refractivity contribution >= 4 is 29.1 Å². The second-order valence-corrected chi connectivity index (χ2v) is 9.40. The zero-order chi connectivity index (χ0) is 25.5. The summed E-state index contributed by atoms with van der Waals surface area (Å²) in [5, 5.41) is 3.81. The van der Waals surface area contributed by atoms with Gasteiger partial charge in [-0.3, -0.25) is 19.1 Å². The zero-order valence-corrected chi connectivity index (χ0v) is 21.0. The Labute approximate surface area is 218 Å². The average Bonchev–Trinajstić information content (AvgIpc) is 3.26. The van der Waals surface area contributed by atoms with Crippen LogP contribution in [-0.2, 0) is 27.3 Å². The number of carbonyl (C=O) groups excluding carboxylic acids is 1. The second kappa shape index (κ2) is 12.4. The Hall–Kier alpha value is -2.91. The molecule has 1 amide bonds. The van der Waals surface area contributed by atoms with E-state index in [4.69, 9.17) is 32.7 Å². The molecule has 0 spiro atoms. The molecular formula is C26H27Cl2N3O5. The van der Waals surface area contributed by atoms with Crippen LogP contribution in [0.1, 0.15) is 36.6 Å². The van der Waals surface area contributed by atoms with Crippen LogP contribution in [-0.4, -0.2) is 34.2 Å². The van der Waals surface area contributed by atoms with Crippen LogP contribution in [0.2, 0.25) is 10.0 Å². The number of carbonyl (C=O) groups is 1. The number of benzene rings is 2. The summed E-state index contributed by atoms with van der Waals surface area (Å²) in [6, 6.07) is 16.2. The van der Waals surface area contributed by atoms with Crippen molar-refractivity contribution in [2.45, 2.75) is 50.7 Å². The number of amides is 1. The average molecular weight is 532 g/mol. The second-order valence-electron chi connectivity index (χ2n) is 8.59. The van der Waals surface area contributed by atoms with Crippen LogP contribution < -0.4 is 16.6 Å². The highest BCUT2D eigenvalue weighted by atomic mass is 35.5. The van der Waals surface area contributed by atoms with E-state index in [1.165, 1.54) is 16.8 Å². The van der Waals surface area contributed by atoms with Gasteiger partial charge in [0.15, 0.2) is 0 Å². The molecule has 190 valence electrons. The smallest absolute Gasteiger partial charge is 0.330 e. The van der Waals surface area contributed by atoms with Gasteiger partial charge in [0, 0.05) is 35.3 Å². The highest BCUT2D eigenvalue weighted by molar-refractivity contribution is 6.36. The van der Waals surface area contributed by atoms with Gasteiger partial charge < -0.3 is 14.8 Å². The summed E-state index contributed by atoms with van der Waals surface area (Å²) in [6.07, 6.45) is 2.14. The third kappa shape index (κ3) is 6.85. The first-order valence-electron chi connectivity index (χ1n) is 11.7. The van der Waals surface area contributed by atoms with Crippen LogP contribution in [0.3, 0.4) is 0 Å². The van der Waals surface area contributed by atoms with Crippen molar-refractivity contribution in [3.8, 4) is 0 Å². The van der Waals surface area contributed by atoms with E-state index in [0.29, 0.717) is 48.0 Å². The van der Waals surface area contributed by atoms with Crippen molar-refractivity contribution in [3.05, 3.63) is 103 Å². The fourth-order valence-electron chi connectivity index (χ4n) is 4.19. The van der Waals surface area contributed by atoms with Gasteiger partial charge in [-0.25, -0.2) is 4.79 Å². The molecule has 36 heavy (non-hydrogen) atoms. The Kier molecular flexibility index (Phi) is 8.98. The summed E-state index contributed by atoms with van der Waals surface area (Å²) in [7, 11) is 0. The summed E-state index contributed by atoms with van der Waals surface area (Å²) in [5.74, 6) is -0.174. The van der Waals surface area contributed by atoms with Gasteiger partial charge in [0.25, 0.3) is 5.56 Å². The summed E-state index contributed by atoms with van der Waals surface area (Å²) < 4.78 is 13.7. The molecule has 1 fully saturated rings. The van der Waals surface area contributed by atoms with Gasteiger partial charge in [0.05, 0.1) is 25.2 Å². The quantitative estimate of drug-likeness (QED) is 0.386. The Morgan fingerprint density at radius 2 is 1.83 bits per heavy atom. The van der Waals surface area contributed by atoms with E-state index in [0.717, 1.165) is 5.56 Å². The molecule has 1 aliphatic rings. The molecule has 0 saturated carbocycles. The molecule has 2 heterocycles. The lowest BCUT2D eigenvalue weighted by Gasteiger charge is -2.19. The molecule has 0 radical (unpaired) electrons. The van der Waals surface area contributed by atoms with Gasteiger partial charge in [-0.05, 0) is 36.1 Å². The largest absolute Gasteiger partial charge is 0.371 e. The Balaban J connectivity index is 1.34. The van der Waals surface area contributed by atoms with Crippen LogP contribution in [0, 0.1) is 0 Å². The first-order chi connectivity index (χ1) is 17.4. The number of aromatic amines is 1. The van der Waals surface area contributed by atoms with Crippen molar-refractivity contribution in [1.82, 2.24) is 14.9 Å². The first kappa shape index (κ1) is 26.2. The lowest BCUT2D eigenvalue weighted by molar-refractivity contribution is -0.120. The summed E-state index contributed by atoms with van der Waals surface area (Å²) in [5.41, 5.74) is 0.643. The molecule has 4 rings (SSSR count). The van der Waals surface area contributed by atoms with Crippen LogP contribution in [0.25, 0.3) is 0 Å². The molecule has 2 N–H and O–H groups in total. The molecule has 2 aromatic carbocycles. The molecule has 0 unspecified atom stereocenters. The van der Waals surface area contributed by atoms with Gasteiger partial charge >= 0.3 is 5.69 Å². The standard InChI is InChI=1S/C26H27Cl2N3O5/c27-19-8-4-9-20(28)18(19)14-24(33)29-12-5-10-21-22(35-16-17-6-2-1-3-7-17)15-25(36-21)31-13-11-23(32)30-26(31)34/h1-4,6-9,11,13,21-22,25H,5,10,12,14-16H2,(H,29,33)(H,30,32,34)/t21-,22+,25-/m1/s1. The number of hydrogen-bond acceptors (Lipinski definition) is 5. The van der Waals surface area contributed by atoms with Gasteiger partial charge in [-0.2, -0.15) is 0 Å². The highest BCUT2D eigenvalue weighted by Gasteiger charge is 2.37. The molecule has 0 aliphatic carbocycles. The van der Waals surface area contributed by atoms with Crippen molar-refractivity contribution in [2.24, 2.45) is 0 Å². The predicted molar refractivity (Wildman–Crippen MR) is 137 cm³/mol. The lowest BCUT2D eigenvalue weighted by Crippen LogP contribution is -2.31. The normalized spacial score (nSPS) is 19.3. The van der Waals surface area contributed by atoms with Crippen LogP contribution in [0.4, 0.5) is 0 Å². The lowest BCUT2D eigenvalue weighted by atomic mass is 10.1. The van der Waals surface area contributed by atoms with Crippen LogP contribution in [0.15, 0.2) is 70.4 Å². The minimum Gasteiger partial charge on any atom is -0.371 e. The number of nitrogens with one attached hydrogen (secondary N) is 2. The Morgan fingerprint density at radius 1 is 1.08 bits per heavy atom. The molecule has 0 bridgehead atoms. The number of hydrogen-bond donors (Lipinski definition) is 2. The summed E-state index contributed by atoms with van der Waals surface area (Å²) in [6.45, 7) is 0.851. The summed E-state index contributed by atoms with van der Waals surface area (Å²) in [4.78, 5) is 38.4. The number of aromatic nitrogens is 2. The maximum Gasteiger partial charge on any atom is 0.330 e.